The molecule has 2 aliphatic rings. The maximum Gasteiger partial charge on any atom is 0.217 e. The highest BCUT2D eigenvalue weighted by atomic mass is 16.3. The van der Waals surface area contributed by atoms with E-state index >= 15 is 0 Å². The van der Waals surface area contributed by atoms with Gasteiger partial charge in [0, 0.05) is 50.9 Å². The number of amides is 1. The van der Waals surface area contributed by atoms with Crippen molar-refractivity contribution in [3.8, 4) is 0 Å². The van der Waals surface area contributed by atoms with E-state index in [1.165, 1.54) is 25.8 Å². The van der Waals surface area contributed by atoms with Crippen LogP contribution >= 0.6 is 0 Å². The smallest absolute Gasteiger partial charge is 0.217 e. The molecule has 1 aliphatic heterocycles. The van der Waals surface area contributed by atoms with E-state index in [1.807, 2.05) is 19.1 Å². The van der Waals surface area contributed by atoms with Gasteiger partial charge in [-0.05, 0) is 57.6 Å². The minimum Gasteiger partial charge on any atom is -0.464 e. The molecule has 152 valence electrons. The van der Waals surface area contributed by atoms with E-state index in [-0.39, 0.29) is 5.91 Å². The summed E-state index contributed by atoms with van der Waals surface area (Å²) in [5, 5.41) is 4.20. The summed E-state index contributed by atoms with van der Waals surface area (Å²) in [5.41, 5.74) is 1.94. The molecule has 1 saturated carbocycles. The third kappa shape index (κ3) is 4.49. The van der Waals surface area contributed by atoms with Crippen LogP contribution in [0.4, 0.5) is 5.82 Å². The fourth-order valence-electron chi connectivity index (χ4n) is 4.74. The zero-order valence-electron chi connectivity index (χ0n) is 17.1. The van der Waals surface area contributed by atoms with Crippen molar-refractivity contribution < 1.29 is 9.21 Å². The molecule has 0 bridgehead atoms. The van der Waals surface area contributed by atoms with Gasteiger partial charge < -0.3 is 14.6 Å². The fourth-order valence-corrected chi connectivity index (χ4v) is 4.74. The molecule has 2 aromatic rings. The number of hydrogen-bond acceptors (Lipinski definition) is 5. The quantitative estimate of drug-likeness (QED) is 0.857. The third-order valence-corrected chi connectivity index (χ3v) is 6.34. The summed E-state index contributed by atoms with van der Waals surface area (Å²) in [7, 11) is 0. The zero-order chi connectivity index (χ0) is 19.5. The summed E-state index contributed by atoms with van der Waals surface area (Å²) in [6.45, 7) is 9.06. The molecule has 6 heteroatoms. The molecule has 0 atom stereocenters. The minimum atomic E-state index is 0.108. The summed E-state index contributed by atoms with van der Waals surface area (Å²) < 4.78 is 5.59. The zero-order valence-corrected chi connectivity index (χ0v) is 17.1. The molecule has 1 aliphatic carbocycles. The molecular formula is C22H32N4O2. The number of fused-ring (bicyclic) bond motifs is 1. The van der Waals surface area contributed by atoms with E-state index in [0.717, 1.165) is 67.4 Å². The highest BCUT2D eigenvalue weighted by Gasteiger charge is 2.24. The summed E-state index contributed by atoms with van der Waals surface area (Å²) >= 11 is 0. The molecule has 1 N–H and O–H groups in total. The molecule has 0 unspecified atom stereocenters. The van der Waals surface area contributed by atoms with Crippen LogP contribution in [0.1, 0.15) is 44.7 Å². The van der Waals surface area contributed by atoms with Crippen LogP contribution in [0.5, 0.6) is 0 Å². The van der Waals surface area contributed by atoms with Gasteiger partial charge in [0.15, 0.2) is 0 Å². The molecule has 2 fully saturated rings. The molecular weight excluding hydrogens is 352 g/mol. The second-order valence-electron chi connectivity index (χ2n) is 8.46. The number of hydrogen-bond donors (Lipinski definition) is 1. The minimum absolute atomic E-state index is 0.108. The number of piperazine rings is 1. The van der Waals surface area contributed by atoms with Crippen molar-refractivity contribution in [2.24, 2.45) is 5.92 Å². The molecule has 6 nitrogen and oxygen atoms in total. The van der Waals surface area contributed by atoms with Gasteiger partial charge in [-0.15, -0.1) is 0 Å². The first kappa shape index (κ1) is 19.2. The van der Waals surface area contributed by atoms with Gasteiger partial charge in [-0.25, -0.2) is 4.98 Å². The SMILES string of the molecule is CC(=O)N[C@H]1CC[C@H](CCN2CCN(c3nc(C)cc4occc34)CC2)CC1. The standard InChI is InChI=1S/C22H32N4O2/c1-16-15-21-20(8-14-28-21)22(23-16)26-12-10-25(11-13-26)9-7-18-3-5-19(6-4-18)24-17(2)27/h8,14-15,18-19H,3-7,9-13H2,1-2H3,(H,24,27)/t18-,19-. The molecule has 0 aromatic carbocycles. The van der Waals surface area contributed by atoms with E-state index in [2.05, 4.69) is 15.1 Å². The Morgan fingerprint density at radius 2 is 1.96 bits per heavy atom. The summed E-state index contributed by atoms with van der Waals surface area (Å²) in [6, 6.07) is 4.44. The molecule has 28 heavy (non-hydrogen) atoms. The van der Waals surface area contributed by atoms with Crippen LogP contribution in [-0.4, -0.2) is 54.6 Å². The van der Waals surface area contributed by atoms with Gasteiger partial charge in [-0.2, -0.15) is 0 Å². The van der Waals surface area contributed by atoms with E-state index in [1.54, 1.807) is 13.2 Å². The van der Waals surface area contributed by atoms with Gasteiger partial charge in [0.1, 0.15) is 11.4 Å². The van der Waals surface area contributed by atoms with E-state index in [9.17, 15) is 4.79 Å². The number of aryl methyl sites for hydroxylation is 1. The first-order chi connectivity index (χ1) is 13.6. The molecule has 1 saturated heterocycles. The first-order valence-electron chi connectivity index (χ1n) is 10.7. The number of aromatic nitrogens is 1. The van der Waals surface area contributed by atoms with Crippen molar-refractivity contribution in [2.45, 2.75) is 52.0 Å². The highest BCUT2D eigenvalue weighted by molar-refractivity contribution is 5.89. The highest BCUT2D eigenvalue weighted by Crippen LogP contribution is 2.29. The number of anilines is 1. The Bertz CT molecular complexity index is 802. The Balaban J connectivity index is 1.24. The average Bonchev–Trinajstić information content (AvgIpc) is 3.15. The van der Waals surface area contributed by atoms with Crippen molar-refractivity contribution in [3.63, 3.8) is 0 Å². The summed E-state index contributed by atoms with van der Waals surface area (Å²) in [4.78, 5) is 21.0. The van der Waals surface area contributed by atoms with Crippen LogP contribution in [0.2, 0.25) is 0 Å². The van der Waals surface area contributed by atoms with Crippen LogP contribution in [0.3, 0.4) is 0 Å². The van der Waals surface area contributed by atoms with Crippen LogP contribution < -0.4 is 10.2 Å². The lowest BCUT2D eigenvalue weighted by Gasteiger charge is -2.37. The fraction of sp³-hybridized carbons (Fsp3) is 0.636. The first-order valence-corrected chi connectivity index (χ1v) is 10.7. The normalized spacial score (nSPS) is 23.9. The van der Waals surface area contributed by atoms with Crippen LogP contribution in [0, 0.1) is 12.8 Å². The Morgan fingerprint density at radius 1 is 1.21 bits per heavy atom. The van der Waals surface area contributed by atoms with Crippen molar-refractivity contribution in [2.75, 3.05) is 37.6 Å². The van der Waals surface area contributed by atoms with Crippen LogP contribution in [0.15, 0.2) is 22.8 Å². The number of carbonyl (C=O) groups excluding carboxylic acids is 1. The number of carbonyl (C=O) groups is 1. The molecule has 2 aromatic heterocycles. The maximum absolute atomic E-state index is 11.2. The van der Waals surface area contributed by atoms with Gasteiger partial charge in [-0.3, -0.25) is 9.69 Å². The van der Waals surface area contributed by atoms with E-state index in [0.29, 0.717) is 6.04 Å². The van der Waals surface area contributed by atoms with Gasteiger partial charge in [0.25, 0.3) is 0 Å². The second-order valence-corrected chi connectivity index (χ2v) is 8.46. The largest absolute Gasteiger partial charge is 0.464 e. The predicted octanol–water partition coefficient (Wildman–Crippen LogP) is 3.34. The van der Waals surface area contributed by atoms with E-state index in [4.69, 9.17) is 9.40 Å². The Hall–Kier alpha value is -2.08. The molecule has 3 heterocycles. The van der Waals surface area contributed by atoms with Crippen molar-refractivity contribution in [1.82, 2.24) is 15.2 Å². The summed E-state index contributed by atoms with van der Waals surface area (Å²) in [5.74, 6) is 1.99. The molecule has 0 radical (unpaired) electrons. The summed E-state index contributed by atoms with van der Waals surface area (Å²) in [6.07, 6.45) is 7.80. The Morgan fingerprint density at radius 3 is 2.68 bits per heavy atom. The molecule has 4 rings (SSSR count). The van der Waals surface area contributed by atoms with Gasteiger partial charge in [0.05, 0.1) is 11.6 Å². The number of pyridine rings is 1. The lowest BCUT2D eigenvalue weighted by atomic mass is 9.84. The van der Waals surface area contributed by atoms with Crippen LogP contribution in [0.25, 0.3) is 11.0 Å². The Labute approximate surface area is 167 Å². The predicted molar refractivity (Wildman–Crippen MR) is 112 cm³/mol. The van der Waals surface area contributed by atoms with Crippen molar-refractivity contribution in [1.29, 1.82) is 0 Å². The van der Waals surface area contributed by atoms with Crippen molar-refractivity contribution >= 4 is 22.7 Å². The number of furan rings is 1. The monoisotopic (exact) mass is 384 g/mol. The van der Waals surface area contributed by atoms with E-state index < -0.39 is 0 Å². The van der Waals surface area contributed by atoms with Gasteiger partial charge in [-0.1, -0.05) is 0 Å². The lowest BCUT2D eigenvalue weighted by Crippen LogP contribution is -2.47. The number of nitrogens with zero attached hydrogens (tertiary/aromatic N) is 3. The molecule has 1 amide bonds. The van der Waals surface area contributed by atoms with Gasteiger partial charge >= 0.3 is 0 Å². The number of nitrogens with one attached hydrogen (secondary N) is 1. The number of rotatable bonds is 5. The third-order valence-electron chi connectivity index (χ3n) is 6.34. The molecule has 0 spiro atoms. The average molecular weight is 385 g/mol. The lowest BCUT2D eigenvalue weighted by molar-refractivity contribution is -0.119. The van der Waals surface area contributed by atoms with Crippen molar-refractivity contribution in [3.05, 3.63) is 24.1 Å². The van der Waals surface area contributed by atoms with Gasteiger partial charge in [0.2, 0.25) is 5.91 Å². The second kappa shape index (κ2) is 8.52. The maximum atomic E-state index is 11.2. The Kier molecular flexibility index (Phi) is 5.85. The topological polar surface area (TPSA) is 61.6 Å². The van der Waals surface area contributed by atoms with Crippen LogP contribution in [-0.2, 0) is 4.79 Å².